The second-order valence-electron chi connectivity index (χ2n) is 6.22. The molecule has 0 aliphatic carbocycles. The highest BCUT2D eigenvalue weighted by Crippen LogP contribution is 2.18. The molecule has 0 fully saturated rings. The lowest BCUT2D eigenvalue weighted by molar-refractivity contribution is 0.0525. The van der Waals surface area contributed by atoms with Crippen LogP contribution in [0.1, 0.15) is 45.1 Å². The molecule has 3 aromatic rings. The molecule has 0 saturated heterocycles. The Kier molecular flexibility index (Phi) is 6.26. The van der Waals surface area contributed by atoms with Gasteiger partial charge in [-0.3, -0.25) is 4.79 Å². The SMILES string of the molecule is CCOC(=O)c1cnn(-c2ccc(C(=O)N(CC)Cc3cccs3)cc2)c1C. The molecule has 2 heterocycles. The van der Waals surface area contributed by atoms with Crippen LogP contribution in [0.5, 0.6) is 0 Å². The zero-order valence-corrected chi connectivity index (χ0v) is 17.0. The van der Waals surface area contributed by atoms with Crippen LogP contribution in [0.4, 0.5) is 0 Å². The third-order valence-electron chi connectivity index (χ3n) is 4.46. The molecule has 7 heteroatoms. The van der Waals surface area contributed by atoms with Crippen LogP contribution in [0.15, 0.2) is 48.0 Å². The van der Waals surface area contributed by atoms with Crippen LogP contribution in [0.3, 0.4) is 0 Å². The molecular formula is C21H23N3O3S. The maximum atomic E-state index is 12.8. The molecule has 2 aromatic heterocycles. The number of ether oxygens (including phenoxy) is 1. The summed E-state index contributed by atoms with van der Waals surface area (Å²) in [7, 11) is 0. The minimum atomic E-state index is -0.384. The molecule has 1 amide bonds. The van der Waals surface area contributed by atoms with E-state index in [4.69, 9.17) is 4.74 Å². The van der Waals surface area contributed by atoms with Crippen LogP contribution in [0.25, 0.3) is 5.69 Å². The van der Waals surface area contributed by atoms with E-state index in [1.165, 1.54) is 6.20 Å². The van der Waals surface area contributed by atoms with Gasteiger partial charge in [-0.15, -0.1) is 11.3 Å². The van der Waals surface area contributed by atoms with Crippen molar-refractivity contribution >= 4 is 23.2 Å². The van der Waals surface area contributed by atoms with Gasteiger partial charge in [0.05, 0.1) is 30.7 Å². The van der Waals surface area contributed by atoms with Crippen molar-refractivity contribution in [2.75, 3.05) is 13.2 Å². The molecule has 3 rings (SSSR count). The van der Waals surface area contributed by atoms with E-state index in [-0.39, 0.29) is 11.9 Å². The molecule has 0 atom stereocenters. The topological polar surface area (TPSA) is 64.4 Å². The standard InChI is InChI=1S/C21H23N3O3S/c1-4-23(14-18-7-6-12-28-18)20(25)16-8-10-17(11-9-16)24-15(3)19(13-22-24)21(26)27-5-2/h6-13H,4-5,14H2,1-3H3. The Bertz CT molecular complexity index is 946. The van der Waals surface area contributed by atoms with Gasteiger partial charge in [0.1, 0.15) is 5.56 Å². The molecule has 6 nitrogen and oxygen atoms in total. The first kappa shape index (κ1) is 19.8. The van der Waals surface area contributed by atoms with Gasteiger partial charge in [-0.05, 0) is 56.5 Å². The lowest BCUT2D eigenvalue weighted by Gasteiger charge is -2.20. The molecule has 1 aromatic carbocycles. The van der Waals surface area contributed by atoms with Crippen LogP contribution in [0.2, 0.25) is 0 Å². The van der Waals surface area contributed by atoms with Crippen molar-refractivity contribution in [2.24, 2.45) is 0 Å². The van der Waals surface area contributed by atoms with Crippen LogP contribution >= 0.6 is 11.3 Å². The maximum Gasteiger partial charge on any atom is 0.341 e. The largest absolute Gasteiger partial charge is 0.462 e. The third-order valence-corrected chi connectivity index (χ3v) is 5.32. The normalized spacial score (nSPS) is 10.7. The van der Waals surface area contributed by atoms with Crippen LogP contribution in [-0.4, -0.2) is 39.7 Å². The van der Waals surface area contributed by atoms with Crippen molar-refractivity contribution in [3.05, 3.63) is 69.7 Å². The summed E-state index contributed by atoms with van der Waals surface area (Å²) in [4.78, 5) is 27.8. The molecule has 0 aliphatic rings. The minimum Gasteiger partial charge on any atom is -0.462 e. The van der Waals surface area contributed by atoms with Crippen LogP contribution in [0, 0.1) is 6.92 Å². The molecule has 0 bridgehead atoms. The molecule has 146 valence electrons. The van der Waals surface area contributed by atoms with E-state index in [1.807, 2.05) is 48.4 Å². The third kappa shape index (κ3) is 4.14. The number of hydrogen-bond acceptors (Lipinski definition) is 5. The Morgan fingerprint density at radius 3 is 2.54 bits per heavy atom. The summed E-state index contributed by atoms with van der Waals surface area (Å²) in [5.41, 5.74) is 2.55. The fourth-order valence-electron chi connectivity index (χ4n) is 2.92. The van der Waals surface area contributed by atoms with Gasteiger partial charge in [-0.2, -0.15) is 5.10 Å². The van der Waals surface area contributed by atoms with Crippen molar-refractivity contribution in [3.63, 3.8) is 0 Å². The summed E-state index contributed by atoms with van der Waals surface area (Å²) >= 11 is 1.65. The fourth-order valence-corrected chi connectivity index (χ4v) is 3.64. The number of hydrogen-bond donors (Lipinski definition) is 0. The van der Waals surface area contributed by atoms with E-state index < -0.39 is 0 Å². The first-order valence-corrected chi connectivity index (χ1v) is 10.1. The van der Waals surface area contributed by atoms with Gasteiger partial charge < -0.3 is 9.64 Å². The molecule has 0 radical (unpaired) electrons. The molecule has 0 unspecified atom stereocenters. The first-order valence-electron chi connectivity index (χ1n) is 9.19. The van der Waals surface area contributed by atoms with Gasteiger partial charge in [0.15, 0.2) is 0 Å². The van der Waals surface area contributed by atoms with E-state index in [1.54, 1.807) is 35.1 Å². The van der Waals surface area contributed by atoms with Crippen molar-refractivity contribution in [3.8, 4) is 5.69 Å². The Morgan fingerprint density at radius 2 is 1.93 bits per heavy atom. The summed E-state index contributed by atoms with van der Waals surface area (Å²) in [6.07, 6.45) is 1.51. The summed E-state index contributed by atoms with van der Waals surface area (Å²) in [6, 6.07) is 11.3. The van der Waals surface area contributed by atoms with Gasteiger partial charge in [0.25, 0.3) is 5.91 Å². The number of aromatic nitrogens is 2. The predicted octanol–water partition coefficient (Wildman–Crippen LogP) is 4.08. The minimum absolute atomic E-state index is 0.00755. The fraction of sp³-hybridized carbons (Fsp3) is 0.286. The van der Waals surface area contributed by atoms with Gasteiger partial charge in [0.2, 0.25) is 0 Å². The van der Waals surface area contributed by atoms with Gasteiger partial charge in [0, 0.05) is 17.0 Å². The summed E-state index contributed by atoms with van der Waals surface area (Å²) in [6.45, 7) is 7.13. The van der Waals surface area contributed by atoms with Crippen molar-refractivity contribution in [1.29, 1.82) is 0 Å². The van der Waals surface area contributed by atoms with E-state index in [2.05, 4.69) is 5.10 Å². The van der Waals surface area contributed by atoms with Gasteiger partial charge in [-0.1, -0.05) is 6.07 Å². The number of thiophene rings is 1. The second-order valence-corrected chi connectivity index (χ2v) is 7.25. The highest BCUT2D eigenvalue weighted by Gasteiger charge is 2.18. The number of carbonyl (C=O) groups is 2. The lowest BCUT2D eigenvalue weighted by Crippen LogP contribution is -2.29. The van der Waals surface area contributed by atoms with Crippen molar-refractivity contribution < 1.29 is 14.3 Å². The zero-order chi connectivity index (χ0) is 20.1. The smallest absolute Gasteiger partial charge is 0.341 e. The number of amides is 1. The lowest BCUT2D eigenvalue weighted by atomic mass is 10.1. The summed E-state index contributed by atoms with van der Waals surface area (Å²) in [5.74, 6) is -0.392. The average molecular weight is 398 g/mol. The molecule has 28 heavy (non-hydrogen) atoms. The average Bonchev–Trinajstić information content (AvgIpc) is 3.35. The van der Waals surface area contributed by atoms with Crippen molar-refractivity contribution in [2.45, 2.75) is 27.3 Å². The van der Waals surface area contributed by atoms with E-state index in [9.17, 15) is 9.59 Å². The Morgan fingerprint density at radius 1 is 1.18 bits per heavy atom. The molecule has 0 N–H and O–H groups in total. The molecular weight excluding hydrogens is 374 g/mol. The number of rotatable bonds is 7. The van der Waals surface area contributed by atoms with Crippen molar-refractivity contribution in [1.82, 2.24) is 14.7 Å². The highest BCUT2D eigenvalue weighted by molar-refractivity contribution is 7.09. The number of benzene rings is 1. The number of esters is 1. The first-order chi connectivity index (χ1) is 13.5. The van der Waals surface area contributed by atoms with Gasteiger partial charge >= 0.3 is 5.97 Å². The van der Waals surface area contributed by atoms with E-state index in [0.717, 1.165) is 10.6 Å². The Balaban J connectivity index is 1.78. The van der Waals surface area contributed by atoms with Crippen LogP contribution < -0.4 is 0 Å². The van der Waals surface area contributed by atoms with Gasteiger partial charge in [-0.25, -0.2) is 9.48 Å². The Hall–Kier alpha value is -2.93. The van der Waals surface area contributed by atoms with Crippen LogP contribution in [-0.2, 0) is 11.3 Å². The number of nitrogens with zero attached hydrogens (tertiary/aromatic N) is 3. The molecule has 0 spiro atoms. The highest BCUT2D eigenvalue weighted by atomic mass is 32.1. The number of carbonyl (C=O) groups excluding carboxylic acids is 2. The molecule has 0 saturated carbocycles. The zero-order valence-electron chi connectivity index (χ0n) is 16.2. The Labute approximate surface area is 168 Å². The maximum absolute atomic E-state index is 12.8. The predicted molar refractivity (Wildman–Crippen MR) is 109 cm³/mol. The summed E-state index contributed by atoms with van der Waals surface area (Å²) < 4.78 is 6.72. The quantitative estimate of drug-likeness (QED) is 0.564. The van der Waals surface area contributed by atoms with E-state index >= 15 is 0 Å². The monoisotopic (exact) mass is 397 g/mol. The summed E-state index contributed by atoms with van der Waals surface area (Å²) in [5, 5.41) is 6.30. The second kappa shape index (κ2) is 8.84. The van der Waals surface area contributed by atoms with E-state index in [0.29, 0.717) is 36.5 Å². The molecule has 0 aliphatic heterocycles.